The Balaban J connectivity index is 1.79. The van der Waals surface area contributed by atoms with E-state index in [1.807, 2.05) is 5.38 Å². The Morgan fingerprint density at radius 3 is 2.87 bits per heavy atom. The highest BCUT2D eigenvalue weighted by molar-refractivity contribution is 7.09. The van der Waals surface area contributed by atoms with Crippen molar-refractivity contribution >= 4 is 17.6 Å². The summed E-state index contributed by atoms with van der Waals surface area (Å²) < 4.78 is 0. The van der Waals surface area contributed by atoms with Gasteiger partial charge in [0.1, 0.15) is 5.69 Å². The molecule has 1 aromatic rings. The van der Waals surface area contributed by atoms with E-state index in [2.05, 4.69) is 9.88 Å². The largest absolute Gasteiger partial charge is 0.303 e. The van der Waals surface area contributed by atoms with E-state index < -0.39 is 0 Å². The Morgan fingerprint density at radius 1 is 1.40 bits per heavy atom. The number of thiazole rings is 1. The van der Waals surface area contributed by atoms with E-state index in [4.69, 9.17) is 0 Å². The van der Waals surface area contributed by atoms with Crippen LogP contribution in [0.1, 0.15) is 34.8 Å². The summed E-state index contributed by atoms with van der Waals surface area (Å²) in [6.07, 6.45) is 5.84. The molecule has 1 aliphatic rings. The summed E-state index contributed by atoms with van der Waals surface area (Å²) in [6.45, 7) is 3.55. The first-order valence-corrected chi connectivity index (χ1v) is 6.38. The number of rotatable bonds is 4. The van der Waals surface area contributed by atoms with Crippen LogP contribution in [0.2, 0.25) is 0 Å². The molecule has 0 saturated carbocycles. The van der Waals surface area contributed by atoms with Crippen LogP contribution in [0.4, 0.5) is 0 Å². The Bertz CT molecular complexity index is 318. The summed E-state index contributed by atoms with van der Waals surface area (Å²) in [6, 6.07) is 0. The maximum atomic E-state index is 10.5. The van der Waals surface area contributed by atoms with E-state index >= 15 is 0 Å². The van der Waals surface area contributed by atoms with Crippen molar-refractivity contribution in [2.24, 2.45) is 0 Å². The maximum absolute atomic E-state index is 10.5. The summed E-state index contributed by atoms with van der Waals surface area (Å²) in [5.41, 5.74) is 0.577. The molecule has 1 aromatic heterocycles. The Hall–Kier alpha value is -0.740. The molecule has 4 heteroatoms. The zero-order valence-corrected chi connectivity index (χ0v) is 9.63. The molecule has 0 aromatic carbocycles. The molecule has 0 radical (unpaired) electrons. The summed E-state index contributed by atoms with van der Waals surface area (Å²) in [5, 5.41) is 2.92. The highest BCUT2D eigenvalue weighted by Gasteiger charge is 2.10. The number of carbonyl (C=O) groups excluding carboxylic acids is 1. The lowest BCUT2D eigenvalue weighted by Gasteiger charge is -2.25. The monoisotopic (exact) mass is 224 g/mol. The lowest BCUT2D eigenvalue weighted by molar-refractivity contribution is 0.111. The standard InChI is InChI=1S/C11H16N2OS/c14-8-10-9-15-11(12-10)4-7-13-5-2-1-3-6-13/h8-9H,1-7H2. The molecule has 1 fully saturated rings. The molecule has 3 nitrogen and oxygen atoms in total. The van der Waals surface area contributed by atoms with E-state index in [0.717, 1.165) is 24.3 Å². The van der Waals surface area contributed by atoms with Gasteiger partial charge in [-0.3, -0.25) is 4.79 Å². The van der Waals surface area contributed by atoms with Crippen LogP contribution >= 0.6 is 11.3 Å². The molecule has 2 heterocycles. The topological polar surface area (TPSA) is 33.2 Å². The molecule has 82 valence electrons. The molecule has 15 heavy (non-hydrogen) atoms. The lowest BCUT2D eigenvalue weighted by atomic mass is 10.1. The van der Waals surface area contributed by atoms with Crippen LogP contribution in [0.3, 0.4) is 0 Å². The number of carbonyl (C=O) groups is 1. The summed E-state index contributed by atoms with van der Waals surface area (Å²) in [7, 11) is 0. The number of piperidine rings is 1. The minimum atomic E-state index is 0.577. The summed E-state index contributed by atoms with van der Waals surface area (Å²) in [4.78, 5) is 17.2. The molecular formula is C11H16N2OS. The van der Waals surface area contributed by atoms with Gasteiger partial charge in [0, 0.05) is 18.3 Å². The Morgan fingerprint density at radius 2 is 2.20 bits per heavy atom. The zero-order chi connectivity index (χ0) is 10.5. The third-order valence-electron chi connectivity index (χ3n) is 2.78. The number of aldehydes is 1. The van der Waals surface area contributed by atoms with Crippen molar-refractivity contribution in [2.75, 3.05) is 19.6 Å². The third kappa shape index (κ3) is 3.11. The minimum absolute atomic E-state index is 0.577. The van der Waals surface area contributed by atoms with Gasteiger partial charge in [0.05, 0.1) is 5.01 Å². The average molecular weight is 224 g/mol. The smallest absolute Gasteiger partial charge is 0.169 e. The van der Waals surface area contributed by atoms with Gasteiger partial charge in [0.25, 0.3) is 0 Å². The average Bonchev–Trinajstić information content (AvgIpc) is 2.76. The van der Waals surface area contributed by atoms with Gasteiger partial charge in [0.15, 0.2) is 6.29 Å². The fraction of sp³-hybridized carbons (Fsp3) is 0.636. The molecule has 0 bridgehead atoms. The van der Waals surface area contributed by atoms with Gasteiger partial charge < -0.3 is 4.90 Å². The van der Waals surface area contributed by atoms with Gasteiger partial charge in [-0.1, -0.05) is 6.42 Å². The molecule has 0 amide bonds. The van der Waals surface area contributed by atoms with Gasteiger partial charge in [-0.15, -0.1) is 11.3 Å². The van der Waals surface area contributed by atoms with Crippen molar-refractivity contribution < 1.29 is 4.79 Å². The van der Waals surface area contributed by atoms with E-state index in [1.165, 1.54) is 32.4 Å². The van der Waals surface area contributed by atoms with Gasteiger partial charge in [-0.25, -0.2) is 4.98 Å². The summed E-state index contributed by atoms with van der Waals surface area (Å²) in [5.74, 6) is 0. The van der Waals surface area contributed by atoms with Gasteiger partial charge in [-0.2, -0.15) is 0 Å². The summed E-state index contributed by atoms with van der Waals surface area (Å²) >= 11 is 1.59. The molecule has 0 unspecified atom stereocenters. The van der Waals surface area contributed by atoms with Gasteiger partial charge in [0.2, 0.25) is 0 Å². The van der Waals surface area contributed by atoms with Crippen LogP contribution in [0.15, 0.2) is 5.38 Å². The highest BCUT2D eigenvalue weighted by atomic mass is 32.1. The predicted molar refractivity (Wildman–Crippen MR) is 61.5 cm³/mol. The number of hydrogen-bond acceptors (Lipinski definition) is 4. The second-order valence-electron chi connectivity index (χ2n) is 3.94. The SMILES string of the molecule is O=Cc1csc(CCN2CCCCC2)n1. The van der Waals surface area contributed by atoms with Gasteiger partial charge >= 0.3 is 0 Å². The fourth-order valence-electron chi connectivity index (χ4n) is 1.93. The van der Waals surface area contributed by atoms with Crippen LogP contribution < -0.4 is 0 Å². The molecule has 2 rings (SSSR count). The van der Waals surface area contributed by atoms with Crippen molar-refractivity contribution in [2.45, 2.75) is 25.7 Å². The van der Waals surface area contributed by atoms with Crippen molar-refractivity contribution in [3.05, 3.63) is 16.1 Å². The quantitative estimate of drug-likeness (QED) is 0.733. The molecule has 0 spiro atoms. The molecule has 1 saturated heterocycles. The molecule has 0 aliphatic carbocycles. The Kier molecular flexibility index (Phi) is 3.86. The maximum Gasteiger partial charge on any atom is 0.169 e. The Labute approximate surface area is 94.1 Å². The second-order valence-corrected chi connectivity index (χ2v) is 4.88. The zero-order valence-electron chi connectivity index (χ0n) is 8.82. The van der Waals surface area contributed by atoms with Crippen LogP contribution in [0.5, 0.6) is 0 Å². The molecule has 0 N–H and O–H groups in total. The predicted octanol–water partition coefficient (Wildman–Crippen LogP) is 1.98. The second kappa shape index (κ2) is 5.37. The van der Waals surface area contributed by atoms with E-state index in [1.54, 1.807) is 11.3 Å². The van der Waals surface area contributed by atoms with Crippen molar-refractivity contribution in [3.63, 3.8) is 0 Å². The normalized spacial score (nSPS) is 17.9. The first-order valence-electron chi connectivity index (χ1n) is 5.50. The lowest BCUT2D eigenvalue weighted by Crippen LogP contribution is -2.31. The molecule has 0 atom stereocenters. The number of hydrogen-bond donors (Lipinski definition) is 0. The van der Waals surface area contributed by atoms with Crippen LogP contribution in [0.25, 0.3) is 0 Å². The van der Waals surface area contributed by atoms with E-state index in [0.29, 0.717) is 5.69 Å². The minimum Gasteiger partial charge on any atom is -0.303 e. The van der Waals surface area contributed by atoms with E-state index in [9.17, 15) is 4.79 Å². The third-order valence-corrected chi connectivity index (χ3v) is 3.71. The number of nitrogens with zero attached hydrogens (tertiary/aromatic N) is 2. The fourth-order valence-corrected chi connectivity index (χ4v) is 2.66. The molecular weight excluding hydrogens is 208 g/mol. The molecule has 1 aliphatic heterocycles. The first-order chi connectivity index (χ1) is 7.38. The van der Waals surface area contributed by atoms with Gasteiger partial charge in [-0.05, 0) is 25.9 Å². The number of aromatic nitrogens is 1. The van der Waals surface area contributed by atoms with Crippen LogP contribution in [-0.4, -0.2) is 35.8 Å². The number of likely N-dealkylation sites (tertiary alicyclic amines) is 1. The van der Waals surface area contributed by atoms with Crippen LogP contribution in [0, 0.1) is 0 Å². The van der Waals surface area contributed by atoms with E-state index in [-0.39, 0.29) is 0 Å². The van der Waals surface area contributed by atoms with Crippen molar-refractivity contribution in [1.82, 2.24) is 9.88 Å². The van der Waals surface area contributed by atoms with Crippen LogP contribution in [-0.2, 0) is 6.42 Å². The van der Waals surface area contributed by atoms with Crippen molar-refractivity contribution in [1.29, 1.82) is 0 Å². The highest BCUT2D eigenvalue weighted by Crippen LogP contribution is 2.12. The first kappa shape index (κ1) is 10.8. The van der Waals surface area contributed by atoms with Crippen molar-refractivity contribution in [3.8, 4) is 0 Å².